The van der Waals surface area contributed by atoms with Gasteiger partial charge in [-0.2, -0.15) is 9.07 Å². The van der Waals surface area contributed by atoms with Crippen LogP contribution in [0.15, 0.2) is 28.9 Å². The minimum atomic E-state index is -0.965. The van der Waals surface area contributed by atoms with Crippen molar-refractivity contribution in [1.82, 2.24) is 9.78 Å². The molecule has 0 radical (unpaired) electrons. The molecule has 8 nitrogen and oxygen atoms in total. The minimum Gasteiger partial charge on any atom is -0.358 e. The SMILES string of the molecule is O=[N+]([O-])c1ccc(Cn2cc(Br)c([N+](=O)[O-])n2)cc1F. The van der Waals surface area contributed by atoms with Crippen LogP contribution in [0.4, 0.5) is 15.9 Å². The zero-order chi connectivity index (χ0) is 14.9. The standard InChI is InChI=1S/C10H6BrFN4O4/c11-7-5-14(13-10(7)16(19)20)4-6-1-2-9(15(17)18)8(12)3-6/h1-3,5H,4H2. The normalized spacial score (nSPS) is 10.5. The Kier molecular flexibility index (Phi) is 3.74. The fraction of sp³-hybridized carbons (Fsp3) is 0.100. The van der Waals surface area contributed by atoms with Crippen LogP contribution in [-0.2, 0) is 6.54 Å². The number of halogens is 2. The molecule has 1 aromatic carbocycles. The van der Waals surface area contributed by atoms with E-state index in [1.165, 1.54) is 16.9 Å². The van der Waals surface area contributed by atoms with E-state index in [9.17, 15) is 24.6 Å². The van der Waals surface area contributed by atoms with Crippen molar-refractivity contribution in [1.29, 1.82) is 0 Å². The Labute approximate surface area is 119 Å². The summed E-state index contributed by atoms with van der Waals surface area (Å²) in [7, 11) is 0. The first kappa shape index (κ1) is 14.1. The summed E-state index contributed by atoms with van der Waals surface area (Å²) in [6, 6.07) is 3.40. The average molecular weight is 345 g/mol. The molecule has 0 aliphatic rings. The molecule has 0 aliphatic carbocycles. The lowest BCUT2D eigenvalue weighted by atomic mass is 10.2. The lowest BCUT2D eigenvalue weighted by Crippen LogP contribution is -2.02. The summed E-state index contributed by atoms with van der Waals surface area (Å²) in [5.74, 6) is -1.32. The predicted molar refractivity (Wildman–Crippen MR) is 68.7 cm³/mol. The molecule has 0 amide bonds. The lowest BCUT2D eigenvalue weighted by molar-refractivity contribution is -0.390. The largest absolute Gasteiger partial charge is 0.404 e. The molecule has 0 bridgehead atoms. The van der Waals surface area contributed by atoms with Crippen molar-refractivity contribution in [2.45, 2.75) is 6.54 Å². The Morgan fingerprint density at radius 1 is 1.30 bits per heavy atom. The first-order valence-electron chi connectivity index (χ1n) is 5.18. The highest BCUT2D eigenvalue weighted by Gasteiger charge is 2.19. The summed E-state index contributed by atoms with van der Waals surface area (Å²) in [4.78, 5) is 19.6. The van der Waals surface area contributed by atoms with Gasteiger partial charge in [-0.25, -0.2) is 0 Å². The van der Waals surface area contributed by atoms with E-state index in [-0.39, 0.29) is 16.8 Å². The van der Waals surface area contributed by atoms with Gasteiger partial charge in [0.25, 0.3) is 0 Å². The molecule has 104 valence electrons. The predicted octanol–water partition coefficient (Wildman–Crippen LogP) is 2.65. The topological polar surface area (TPSA) is 104 Å². The van der Waals surface area contributed by atoms with E-state index in [1.54, 1.807) is 0 Å². The van der Waals surface area contributed by atoms with Gasteiger partial charge in [0.2, 0.25) is 5.82 Å². The molecular weight excluding hydrogens is 339 g/mol. The maximum atomic E-state index is 13.4. The molecule has 2 rings (SSSR count). The van der Waals surface area contributed by atoms with E-state index in [4.69, 9.17) is 0 Å². The third kappa shape index (κ3) is 2.79. The number of hydrogen-bond acceptors (Lipinski definition) is 5. The first-order chi connectivity index (χ1) is 9.38. The van der Waals surface area contributed by atoms with E-state index in [0.717, 1.165) is 12.1 Å². The fourth-order valence-corrected chi connectivity index (χ4v) is 2.04. The van der Waals surface area contributed by atoms with Crippen LogP contribution in [-0.4, -0.2) is 19.6 Å². The molecule has 0 saturated carbocycles. The van der Waals surface area contributed by atoms with Crippen LogP contribution in [0, 0.1) is 26.0 Å². The Hall–Kier alpha value is -2.36. The summed E-state index contributed by atoms with van der Waals surface area (Å²) in [5, 5.41) is 24.8. The van der Waals surface area contributed by atoms with Crippen molar-refractivity contribution < 1.29 is 14.2 Å². The maximum Gasteiger partial charge on any atom is 0.404 e. The molecule has 0 spiro atoms. The minimum absolute atomic E-state index is 0.0569. The van der Waals surface area contributed by atoms with Gasteiger partial charge < -0.3 is 10.1 Å². The first-order valence-corrected chi connectivity index (χ1v) is 5.98. The molecule has 0 atom stereocenters. The lowest BCUT2D eigenvalue weighted by Gasteiger charge is -1.99. The number of aromatic nitrogens is 2. The highest BCUT2D eigenvalue weighted by molar-refractivity contribution is 9.10. The van der Waals surface area contributed by atoms with Crippen LogP contribution >= 0.6 is 15.9 Å². The second-order valence-electron chi connectivity index (χ2n) is 3.80. The number of hydrogen-bond donors (Lipinski definition) is 0. The fourth-order valence-electron chi connectivity index (χ4n) is 1.58. The Morgan fingerprint density at radius 3 is 2.50 bits per heavy atom. The van der Waals surface area contributed by atoms with Crippen molar-refractivity contribution in [2.24, 2.45) is 0 Å². The van der Waals surface area contributed by atoms with Gasteiger partial charge in [0.05, 0.1) is 22.8 Å². The highest BCUT2D eigenvalue weighted by atomic mass is 79.9. The monoisotopic (exact) mass is 344 g/mol. The Morgan fingerprint density at radius 2 is 2.00 bits per heavy atom. The summed E-state index contributed by atoms with van der Waals surface area (Å²) in [6.45, 7) is 0.0569. The van der Waals surface area contributed by atoms with E-state index in [1.807, 2.05) is 0 Å². The van der Waals surface area contributed by atoms with Crippen LogP contribution in [0.5, 0.6) is 0 Å². The van der Waals surface area contributed by atoms with Gasteiger partial charge in [-0.3, -0.25) is 10.1 Å². The molecule has 0 N–H and O–H groups in total. The number of nitrogens with zero attached hydrogens (tertiary/aromatic N) is 4. The number of nitro benzene ring substituents is 1. The molecule has 10 heteroatoms. The van der Waals surface area contributed by atoms with Crippen molar-refractivity contribution in [3.05, 3.63) is 60.5 Å². The van der Waals surface area contributed by atoms with Crippen LogP contribution in [0.3, 0.4) is 0 Å². The van der Waals surface area contributed by atoms with Gasteiger partial charge in [-0.1, -0.05) is 6.07 Å². The highest BCUT2D eigenvalue weighted by Crippen LogP contribution is 2.23. The molecule has 1 aromatic heterocycles. The van der Waals surface area contributed by atoms with Crippen molar-refractivity contribution in [2.75, 3.05) is 0 Å². The van der Waals surface area contributed by atoms with Gasteiger partial charge in [-0.15, -0.1) is 0 Å². The average Bonchev–Trinajstić information content (AvgIpc) is 2.70. The third-order valence-corrected chi connectivity index (χ3v) is 2.98. The van der Waals surface area contributed by atoms with Gasteiger partial charge in [0.1, 0.15) is 4.47 Å². The zero-order valence-electron chi connectivity index (χ0n) is 9.69. The molecular formula is C10H6BrFN4O4. The van der Waals surface area contributed by atoms with Crippen molar-refractivity contribution in [3.63, 3.8) is 0 Å². The zero-order valence-corrected chi connectivity index (χ0v) is 11.3. The molecule has 1 heterocycles. The Balaban J connectivity index is 2.26. The van der Waals surface area contributed by atoms with Crippen LogP contribution in [0.2, 0.25) is 0 Å². The van der Waals surface area contributed by atoms with Gasteiger partial charge in [-0.05, 0) is 32.5 Å². The molecule has 0 aliphatic heterocycles. The van der Waals surface area contributed by atoms with Crippen LogP contribution < -0.4 is 0 Å². The van der Waals surface area contributed by atoms with E-state index in [2.05, 4.69) is 21.0 Å². The second-order valence-corrected chi connectivity index (χ2v) is 4.65. The maximum absolute atomic E-state index is 13.4. The number of rotatable bonds is 4. The molecule has 2 aromatic rings. The molecule has 0 saturated heterocycles. The summed E-state index contributed by atoms with van der Waals surface area (Å²) in [5.41, 5.74) is -0.223. The summed E-state index contributed by atoms with van der Waals surface area (Å²) >= 11 is 2.99. The third-order valence-electron chi connectivity index (χ3n) is 2.43. The molecule has 0 unspecified atom stereocenters. The van der Waals surface area contributed by atoms with Crippen LogP contribution in [0.25, 0.3) is 0 Å². The second kappa shape index (κ2) is 5.33. The van der Waals surface area contributed by atoms with Gasteiger partial charge in [0.15, 0.2) is 0 Å². The van der Waals surface area contributed by atoms with Gasteiger partial charge >= 0.3 is 11.5 Å². The number of nitro groups is 2. The van der Waals surface area contributed by atoms with Gasteiger partial charge in [0, 0.05) is 6.07 Å². The summed E-state index contributed by atoms with van der Waals surface area (Å²) < 4.78 is 14.9. The van der Waals surface area contributed by atoms with Crippen molar-refractivity contribution >= 4 is 27.4 Å². The Bertz CT molecular complexity index is 703. The molecule has 0 fully saturated rings. The molecule has 20 heavy (non-hydrogen) atoms. The van der Waals surface area contributed by atoms with E-state index < -0.39 is 21.4 Å². The number of benzene rings is 1. The summed E-state index contributed by atoms with van der Waals surface area (Å²) in [6.07, 6.45) is 1.37. The van der Waals surface area contributed by atoms with E-state index >= 15 is 0 Å². The van der Waals surface area contributed by atoms with Crippen LogP contribution in [0.1, 0.15) is 5.56 Å². The quantitative estimate of drug-likeness (QED) is 0.626. The van der Waals surface area contributed by atoms with Crippen molar-refractivity contribution in [3.8, 4) is 0 Å². The smallest absolute Gasteiger partial charge is 0.358 e. The van der Waals surface area contributed by atoms with E-state index in [0.29, 0.717) is 5.56 Å².